The van der Waals surface area contributed by atoms with Crippen molar-refractivity contribution in [2.45, 2.75) is 26.7 Å². The summed E-state index contributed by atoms with van der Waals surface area (Å²) in [4.78, 5) is 24.4. The van der Waals surface area contributed by atoms with Crippen molar-refractivity contribution in [3.8, 4) is 0 Å². The van der Waals surface area contributed by atoms with Crippen LogP contribution in [0.4, 0.5) is 5.69 Å². The van der Waals surface area contributed by atoms with Crippen molar-refractivity contribution in [3.05, 3.63) is 11.4 Å². The molecule has 1 fully saturated rings. The quantitative estimate of drug-likeness (QED) is 0.690. The number of H-pyrrole nitrogens is 1. The highest BCUT2D eigenvalue weighted by atomic mass is 16.2. The predicted octanol–water partition coefficient (Wildman–Crippen LogP) is 0.722. The third kappa shape index (κ3) is 1.65. The first kappa shape index (κ1) is 9.89. The Kier molecular flexibility index (Phi) is 2.30. The summed E-state index contributed by atoms with van der Waals surface area (Å²) in [7, 11) is 0. The number of amides is 1. The average molecular weight is 207 g/mol. The van der Waals surface area contributed by atoms with Crippen LogP contribution in [-0.2, 0) is 9.59 Å². The molecule has 0 bridgehead atoms. The molecule has 15 heavy (non-hydrogen) atoms. The smallest absolute Gasteiger partial charge is 0.234 e. The van der Waals surface area contributed by atoms with E-state index in [2.05, 4.69) is 10.2 Å². The number of hydrogen-bond donors (Lipinski definition) is 1. The second kappa shape index (κ2) is 3.49. The van der Waals surface area contributed by atoms with E-state index in [9.17, 15) is 9.59 Å². The predicted molar refractivity (Wildman–Crippen MR) is 54.7 cm³/mol. The SMILES string of the molecule is Cc1n[nH]c(C)c1N1CCC(=O)CC1=O. The van der Waals surface area contributed by atoms with E-state index in [1.807, 2.05) is 13.8 Å². The third-order valence-electron chi connectivity index (χ3n) is 2.62. The topological polar surface area (TPSA) is 66.1 Å². The Bertz CT molecular complexity index is 403. The summed E-state index contributed by atoms with van der Waals surface area (Å²) >= 11 is 0. The maximum absolute atomic E-state index is 11.7. The second-order valence-electron chi connectivity index (χ2n) is 3.79. The monoisotopic (exact) mass is 207 g/mol. The third-order valence-corrected chi connectivity index (χ3v) is 2.62. The van der Waals surface area contributed by atoms with Crippen molar-refractivity contribution in [2.24, 2.45) is 0 Å². The average Bonchev–Trinajstić information content (AvgIpc) is 2.48. The van der Waals surface area contributed by atoms with Crippen LogP contribution in [0, 0.1) is 13.8 Å². The molecule has 0 aliphatic carbocycles. The molecule has 1 N–H and O–H groups in total. The van der Waals surface area contributed by atoms with E-state index in [0.717, 1.165) is 17.1 Å². The molecule has 1 aromatic heterocycles. The molecule has 5 nitrogen and oxygen atoms in total. The van der Waals surface area contributed by atoms with E-state index in [1.165, 1.54) is 0 Å². The summed E-state index contributed by atoms with van der Waals surface area (Å²) in [5.41, 5.74) is 2.50. The molecule has 0 radical (unpaired) electrons. The molecule has 5 heteroatoms. The van der Waals surface area contributed by atoms with Crippen molar-refractivity contribution in [1.29, 1.82) is 0 Å². The molecule has 0 atom stereocenters. The second-order valence-corrected chi connectivity index (χ2v) is 3.79. The first-order valence-electron chi connectivity index (χ1n) is 4.93. The van der Waals surface area contributed by atoms with E-state index in [1.54, 1.807) is 4.90 Å². The van der Waals surface area contributed by atoms with Crippen molar-refractivity contribution in [1.82, 2.24) is 10.2 Å². The van der Waals surface area contributed by atoms with E-state index >= 15 is 0 Å². The van der Waals surface area contributed by atoms with E-state index in [0.29, 0.717) is 13.0 Å². The number of Topliss-reactive ketones (excluding diaryl/α,β-unsaturated/α-hetero) is 1. The summed E-state index contributed by atoms with van der Waals surface area (Å²) in [6.07, 6.45) is 0.458. The van der Waals surface area contributed by atoms with Gasteiger partial charge in [0.1, 0.15) is 5.78 Å². The van der Waals surface area contributed by atoms with Gasteiger partial charge in [0.25, 0.3) is 0 Å². The maximum Gasteiger partial charge on any atom is 0.234 e. The van der Waals surface area contributed by atoms with Gasteiger partial charge < -0.3 is 4.90 Å². The zero-order valence-corrected chi connectivity index (χ0v) is 8.83. The molecule has 1 aliphatic rings. The fourth-order valence-corrected chi connectivity index (χ4v) is 1.89. The van der Waals surface area contributed by atoms with Gasteiger partial charge in [-0.2, -0.15) is 5.10 Å². The fourth-order valence-electron chi connectivity index (χ4n) is 1.89. The summed E-state index contributed by atoms with van der Waals surface area (Å²) in [6, 6.07) is 0. The Morgan fingerprint density at radius 2 is 2.07 bits per heavy atom. The standard InChI is InChI=1S/C10H13N3O2/c1-6-10(7(2)12-11-6)13-4-3-8(14)5-9(13)15/h3-5H2,1-2H3,(H,11,12). The minimum atomic E-state index is -0.126. The van der Waals surface area contributed by atoms with Gasteiger partial charge in [-0.3, -0.25) is 14.7 Å². The largest absolute Gasteiger partial charge is 0.308 e. The molecule has 0 unspecified atom stereocenters. The van der Waals surface area contributed by atoms with Crippen LogP contribution >= 0.6 is 0 Å². The van der Waals surface area contributed by atoms with Crippen LogP contribution in [-0.4, -0.2) is 28.4 Å². The lowest BCUT2D eigenvalue weighted by Crippen LogP contribution is -2.39. The number of rotatable bonds is 1. The molecule has 1 aliphatic heterocycles. The van der Waals surface area contributed by atoms with Gasteiger partial charge in [0.05, 0.1) is 23.5 Å². The van der Waals surface area contributed by atoms with Gasteiger partial charge >= 0.3 is 0 Å². The number of ketones is 1. The normalized spacial score (nSPS) is 17.3. The highest BCUT2D eigenvalue weighted by molar-refractivity contribution is 6.08. The molecule has 1 saturated heterocycles. The van der Waals surface area contributed by atoms with Crippen LogP contribution in [0.2, 0.25) is 0 Å². The van der Waals surface area contributed by atoms with Gasteiger partial charge in [0.15, 0.2) is 0 Å². The minimum absolute atomic E-state index is 0.0179. The first-order chi connectivity index (χ1) is 7.09. The molecule has 0 saturated carbocycles. The van der Waals surface area contributed by atoms with Crippen LogP contribution in [0.3, 0.4) is 0 Å². The number of anilines is 1. The van der Waals surface area contributed by atoms with Crippen molar-refractivity contribution in [3.63, 3.8) is 0 Å². The van der Waals surface area contributed by atoms with Gasteiger partial charge in [-0.25, -0.2) is 0 Å². The number of carbonyl (C=O) groups is 2. The molecular weight excluding hydrogens is 194 g/mol. The Labute approximate surface area is 87.5 Å². The molecule has 1 aromatic rings. The maximum atomic E-state index is 11.7. The fraction of sp³-hybridized carbons (Fsp3) is 0.500. The highest BCUT2D eigenvalue weighted by Gasteiger charge is 2.27. The van der Waals surface area contributed by atoms with Gasteiger partial charge in [0, 0.05) is 13.0 Å². The van der Waals surface area contributed by atoms with Crippen LogP contribution in [0.15, 0.2) is 0 Å². The Morgan fingerprint density at radius 3 is 2.60 bits per heavy atom. The van der Waals surface area contributed by atoms with Crippen LogP contribution < -0.4 is 4.90 Å². The molecule has 80 valence electrons. The van der Waals surface area contributed by atoms with Gasteiger partial charge in [0.2, 0.25) is 5.91 Å². The number of aromatic amines is 1. The summed E-state index contributed by atoms with van der Waals surface area (Å²) in [6.45, 7) is 4.19. The lowest BCUT2D eigenvalue weighted by molar-refractivity contribution is -0.128. The van der Waals surface area contributed by atoms with Gasteiger partial charge in [-0.15, -0.1) is 0 Å². The van der Waals surface area contributed by atoms with Crippen molar-refractivity contribution < 1.29 is 9.59 Å². The summed E-state index contributed by atoms with van der Waals surface area (Å²) in [5.74, 6) is -0.103. The van der Waals surface area contributed by atoms with Crippen LogP contribution in [0.5, 0.6) is 0 Å². The lowest BCUT2D eigenvalue weighted by Gasteiger charge is -2.26. The molecule has 1 amide bonds. The number of aryl methyl sites for hydroxylation is 2. The Morgan fingerprint density at radius 1 is 1.33 bits per heavy atom. The van der Waals surface area contributed by atoms with Gasteiger partial charge in [-0.1, -0.05) is 0 Å². The summed E-state index contributed by atoms with van der Waals surface area (Å²) < 4.78 is 0. The Balaban J connectivity index is 2.32. The molecular formula is C10H13N3O2. The lowest BCUT2D eigenvalue weighted by atomic mass is 10.1. The molecule has 2 rings (SSSR count). The molecule has 0 aromatic carbocycles. The number of piperidine rings is 1. The van der Waals surface area contributed by atoms with Crippen molar-refractivity contribution >= 4 is 17.4 Å². The molecule has 2 heterocycles. The number of aromatic nitrogens is 2. The number of nitrogens with one attached hydrogen (secondary N) is 1. The highest BCUT2D eigenvalue weighted by Crippen LogP contribution is 2.25. The number of nitrogens with zero attached hydrogens (tertiary/aromatic N) is 2. The Hall–Kier alpha value is -1.65. The van der Waals surface area contributed by atoms with Crippen molar-refractivity contribution in [2.75, 3.05) is 11.4 Å². The van der Waals surface area contributed by atoms with Gasteiger partial charge in [-0.05, 0) is 13.8 Å². The first-order valence-corrected chi connectivity index (χ1v) is 4.93. The minimum Gasteiger partial charge on any atom is -0.308 e. The van der Waals surface area contributed by atoms with E-state index in [-0.39, 0.29) is 18.1 Å². The summed E-state index contributed by atoms with van der Waals surface area (Å²) in [5, 5.41) is 6.88. The van der Waals surface area contributed by atoms with Crippen LogP contribution in [0.25, 0.3) is 0 Å². The van der Waals surface area contributed by atoms with E-state index in [4.69, 9.17) is 0 Å². The zero-order valence-electron chi connectivity index (χ0n) is 8.83. The number of hydrogen-bond acceptors (Lipinski definition) is 3. The number of carbonyl (C=O) groups excluding carboxylic acids is 2. The molecule has 0 spiro atoms. The van der Waals surface area contributed by atoms with Crippen LogP contribution in [0.1, 0.15) is 24.2 Å². The zero-order chi connectivity index (χ0) is 11.0. The van der Waals surface area contributed by atoms with E-state index < -0.39 is 0 Å².